The Labute approximate surface area is 172 Å². The lowest BCUT2D eigenvalue weighted by atomic mass is 9.99. The molecule has 7 heteroatoms. The molecule has 2 amide bonds. The van der Waals surface area contributed by atoms with Crippen LogP contribution in [0, 0.1) is 0 Å². The fourth-order valence-electron chi connectivity index (χ4n) is 3.54. The minimum atomic E-state index is -0.646. The second-order valence-electron chi connectivity index (χ2n) is 7.17. The average molecular weight is 405 g/mol. The summed E-state index contributed by atoms with van der Waals surface area (Å²) in [6, 6.07) is 12.9. The van der Waals surface area contributed by atoms with Crippen LogP contribution in [0.15, 0.2) is 48.5 Å². The van der Waals surface area contributed by atoms with Crippen LogP contribution in [0.5, 0.6) is 17.2 Å². The second kappa shape index (κ2) is 7.18. The molecule has 0 saturated carbocycles. The number of rotatable bonds is 4. The molecule has 1 N–H and O–H groups in total. The Hall–Kier alpha value is -3.87. The SMILES string of the molecule is CC(=O)Oc1ccc(N2C(=O)c3c(c(OC(C)C)c4ccccc4c3O)C2=O)cc1. The zero-order chi connectivity index (χ0) is 21.6. The minimum absolute atomic E-state index is 0.0361. The third-order valence-corrected chi connectivity index (χ3v) is 4.68. The van der Waals surface area contributed by atoms with Crippen molar-refractivity contribution in [3.05, 3.63) is 59.7 Å². The van der Waals surface area contributed by atoms with Gasteiger partial charge in [-0.25, -0.2) is 4.90 Å². The molecule has 0 bridgehead atoms. The van der Waals surface area contributed by atoms with Crippen LogP contribution in [0.4, 0.5) is 5.69 Å². The Bertz CT molecular complexity index is 1200. The van der Waals surface area contributed by atoms with Crippen molar-refractivity contribution in [1.82, 2.24) is 0 Å². The van der Waals surface area contributed by atoms with Gasteiger partial charge < -0.3 is 14.6 Å². The van der Waals surface area contributed by atoms with Gasteiger partial charge in [-0.2, -0.15) is 0 Å². The number of hydrogen-bond acceptors (Lipinski definition) is 6. The van der Waals surface area contributed by atoms with E-state index in [1.165, 1.54) is 31.2 Å². The molecular weight excluding hydrogens is 386 g/mol. The third-order valence-electron chi connectivity index (χ3n) is 4.68. The summed E-state index contributed by atoms with van der Waals surface area (Å²) in [6.45, 7) is 4.92. The molecule has 0 radical (unpaired) electrons. The van der Waals surface area contributed by atoms with E-state index in [9.17, 15) is 19.5 Å². The van der Waals surface area contributed by atoms with Gasteiger partial charge in [-0.15, -0.1) is 0 Å². The van der Waals surface area contributed by atoms with Crippen molar-refractivity contribution in [1.29, 1.82) is 0 Å². The van der Waals surface area contributed by atoms with Gasteiger partial charge in [-0.3, -0.25) is 14.4 Å². The quantitative estimate of drug-likeness (QED) is 0.400. The number of nitrogens with zero attached hydrogens (tertiary/aromatic N) is 1. The van der Waals surface area contributed by atoms with Crippen molar-refractivity contribution in [3.8, 4) is 17.2 Å². The van der Waals surface area contributed by atoms with Crippen molar-refractivity contribution in [2.75, 3.05) is 4.90 Å². The van der Waals surface area contributed by atoms with E-state index in [0.717, 1.165) is 4.90 Å². The Kier molecular flexibility index (Phi) is 4.66. The van der Waals surface area contributed by atoms with Crippen LogP contribution in [0.2, 0.25) is 0 Å². The summed E-state index contributed by atoms with van der Waals surface area (Å²) in [7, 11) is 0. The van der Waals surface area contributed by atoms with E-state index >= 15 is 0 Å². The molecule has 0 spiro atoms. The summed E-state index contributed by atoms with van der Waals surface area (Å²) in [5, 5.41) is 11.8. The van der Waals surface area contributed by atoms with E-state index in [4.69, 9.17) is 9.47 Å². The van der Waals surface area contributed by atoms with Crippen molar-refractivity contribution in [2.45, 2.75) is 26.9 Å². The molecule has 3 aromatic carbocycles. The number of phenols is 1. The molecule has 0 aromatic heterocycles. The van der Waals surface area contributed by atoms with Crippen LogP contribution in [0.3, 0.4) is 0 Å². The normalized spacial score (nSPS) is 13.1. The monoisotopic (exact) mass is 405 g/mol. The number of imide groups is 1. The number of carbonyl (C=O) groups excluding carboxylic acids is 3. The van der Waals surface area contributed by atoms with Gasteiger partial charge >= 0.3 is 5.97 Å². The molecule has 0 aliphatic carbocycles. The lowest BCUT2D eigenvalue weighted by molar-refractivity contribution is -0.131. The number of anilines is 1. The smallest absolute Gasteiger partial charge is 0.308 e. The van der Waals surface area contributed by atoms with Crippen LogP contribution in [0.1, 0.15) is 41.5 Å². The van der Waals surface area contributed by atoms with E-state index in [1.54, 1.807) is 24.3 Å². The van der Waals surface area contributed by atoms with Gasteiger partial charge in [0.1, 0.15) is 17.2 Å². The van der Waals surface area contributed by atoms with Crippen molar-refractivity contribution >= 4 is 34.2 Å². The number of fused-ring (bicyclic) bond motifs is 2. The van der Waals surface area contributed by atoms with E-state index in [-0.39, 0.29) is 34.4 Å². The van der Waals surface area contributed by atoms with Crippen molar-refractivity contribution < 1.29 is 29.0 Å². The summed E-state index contributed by atoms with van der Waals surface area (Å²) in [6.07, 6.45) is -0.248. The highest BCUT2D eigenvalue weighted by molar-refractivity contribution is 6.38. The van der Waals surface area contributed by atoms with Crippen LogP contribution in [-0.4, -0.2) is 29.0 Å². The second-order valence-corrected chi connectivity index (χ2v) is 7.17. The van der Waals surface area contributed by atoms with Crippen molar-refractivity contribution in [3.63, 3.8) is 0 Å². The molecule has 1 heterocycles. The first kappa shape index (κ1) is 19.4. The molecule has 0 saturated heterocycles. The van der Waals surface area contributed by atoms with Gasteiger partial charge in [-0.1, -0.05) is 24.3 Å². The number of amides is 2. The summed E-state index contributed by atoms with van der Waals surface area (Å²) in [4.78, 5) is 38.6. The van der Waals surface area contributed by atoms with Crippen LogP contribution in [0.25, 0.3) is 10.8 Å². The molecule has 4 rings (SSSR count). The minimum Gasteiger partial charge on any atom is -0.506 e. The molecule has 1 aliphatic heterocycles. The van der Waals surface area contributed by atoms with E-state index in [2.05, 4.69) is 0 Å². The molecule has 7 nitrogen and oxygen atoms in total. The maximum absolute atomic E-state index is 13.3. The molecule has 152 valence electrons. The number of ether oxygens (including phenoxy) is 2. The molecule has 0 atom stereocenters. The zero-order valence-corrected chi connectivity index (χ0v) is 16.6. The predicted octanol–water partition coefficient (Wildman–Crippen LogP) is 4.06. The Morgan fingerprint density at radius 3 is 2.13 bits per heavy atom. The van der Waals surface area contributed by atoms with Crippen LogP contribution in [-0.2, 0) is 4.79 Å². The topological polar surface area (TPSA) is 93.1 Å². The van der Waals surface area contributed by atoms with E-state index in [0.29, 0.717) is 16.5 Å². The number of hydrogen-bond donors (Lipinski definition) is 1. The Balaban J connectivity index is 1.88. The molecule has 3 aromatic rings. The lowest BCUT2D eigenvalue weighted by Gasteiger charge is -2.17. The summed E-state index contributed by atoms with van der Waals surface area (Å²) in [5.74, 6) is -1.41. The molecule has 0 unspecified atom stereocenters. The fourth-order valence-corrected chi connectivity index (χ4v) is 3.54. The van der Waals surface area contributed by atoms with Gasteiger partial charge in [0.2, 0.25) is 0 Å². The lowest BCUT2D eigenvalue weighted by Crippen LogP contribution is -2.29. The average Bonchev–Trinajstić information content (AvgIpc) is 2.96. The van der Waals surface area contributed by atoms with Gasteiger partial charge in [0.15, 0.2) is 0 Å². The number of phenolic OH excluding ortho intramolecular Hbond substituents is 1. The van der Waals surface area contributed by atoms with Crippen LogP contribution < -0.4 is 14.4 Å². The first-order valence-electron chi connectivity index (χ1n) is 9.41. The maximum Gasteiger partial charge on any atom is 0.308 e. The Morgan fingerprint density at radius 2 is 1.53 bits per heavy atom. The van der Waals surface area contributed by atoms with Crippen LogP contribution >= 0.6 is 0 Å². The Morgan fingerprint density at radius 1 is 0.933 bits per heavy atom. The highest BCUT2D eigenvalue weighted by Crippen LogP contribution is 2.45. The van der Waals surface area contributed by atoms with Gasteiger partial charge in [0.25, 0.3) is 11.8 Å². The highest BCUT2D eigenvalue weighted by Gasteiger charge is 2.43. The number of aromatic hydroxyl groups is 1. The number of carbonyl (C=O) groups is 3. The molecule has 1 aliphatic rings. The standard InChI is InChI=1S/C23H19NO6/c1-12(2)29-21-17-7-5-4-6-16(17)20(26)18-19(21)23(28)24(22(18)27)14-8-10-15(11-9-14)30-13(3)25/h4-12,26H,1-3H3. The third kappa shape index (κ3) is 3.04. The van der Waals surface area contributed by atoms with Gasteiger partial charge in [0, 0.05) is 17.7 Å². The maximum atomic E-state index is 13.3. The first-order chi connectivity index (χ1) is 14.3. The summed E-state index contributed by atoms with van der Waals surface area (Å²) in [5.41, 5.74) is 0.239. The van der Waals surface area contributed by atoms with Gasteiger partial charge in [-0.05, 0) is 38.1 Å². The number of benzene rings is 3. The fraction of sp³-hybridized carbons (Fsp3) is 0.174. The molecular formula is C23H19NO6. The van der Waals surface area contributed by atoms with E-state index < -0.39 is 17.8 Å². The summed E-state index contributed by atoms with van der Waals surface area (Å²) < 4.78 is 10.9. The molecule has 0 fully saturated rings. The number of esters is 1. The summed E-state index contributed by atoms with van der Waals surface area (Å²) >= 11 is 0. The largest absolute Gasteiger partial charge is 0.506 e. The molecule has 30 heavy (non-hydrogen) atoms. The zero-order valence-electron chi connectivity index (χ0n) is 16.6. The van der Waals surface area contributed by atoms with Crippen molar-refractivity contribution in [2.24, 2.45) is 0 Å². The van der Waals surface area contributed by atoms with Gasteiger partial charge in [0.05, 0.1) is 22.9 Å². The first-order valence-corrected chi connectivity index (χ1v) is 9.41. The predicted molar refractivity (Wildman–Crippen MR) is 110 cm³/mol. The van der Waals surface area contributed by atoms with E-state index in [1.807, 2.05) is 13.8 Å². The highest BCUT2D eigenvalue weighted by atomic mass is 16.5.